The average molecular weight is 274 g/mol. The van der Waals surface area contributed by atoms with Gasteiger partial charge in [0.25, 0.3) is 0 Å². The molecule has 1 N–H and O–H groups in total. The van der Waals surface area contributed by atoms with Gasteiger partial charge in [0.05, 0.1) is 0 Å². The summed E-state index contributed by atoms with van der Waals surface area (Å²) < 4.78 is 0. The summed E-state index contributed by atoms with van der Waals surface area (Å²) in [5.74, 6) is 0.645. The Hall–Kier alpha value is -0.860. The molecule has 2 rings (SSSR count). The van der Waals surface area contributed by atoms with Crippen molar-refractivity contribution in [2.75, 3.05) is 19.6 Å². The van der Waals surface area contributed by atoms with E-state index in [1.807, 2.05) is 0 Å². The molecule has 112 valence electrons. The van der Waals surface area contributed by atoms with E-state index in [1.54, 1.807) is 0 Å². The van der Waals surface area contributed by atoms with Crippen molar-refractivity contribution in [3.8, 4) is 0 Å². The van der Waals surface area contributed by atoms with Gasteiger partial charge in [0.15, 0.2) is 0 Å². The van der Waals surface area contributed by atoms with Crippen LogP contribution in [-0.2, 0) is 0 Å². The molecule has 2 heteroatoms. The molecular weight excluding hydrogens is 244 g/mol. The van der Waals surface area contributed by atoms with Gasteiger partial charge in [0, 0.05) is 24.7 Å². The standard InChI is InChI=1S/C18H30N2/c1-5-17-13-19-18(3,4)14-20(17)12-11-15(2)16-9-7-6-8-10-16/h6-10,15,17,19H,5,11-14H2,1-4H3. The average Bonchev–Trinajstić information content (AvgIpc) is 2.45. The van der Waals surface area contributed by atoms with Crippen molar-refractivity contribution >= 4 is 0 Å². The highest BCUT2D eigenvalue weighted by molar-refractivity contribution is 5.18. The Balaban J connectivity index is 1.91. The van der Waals surface area contributed by atoms with E-state index >= 15 is 0 Å². The lowest BCUT2D eigenvalue weighted by molar-refractivity contribution is 0.0900. The van der Waals surface area contributed by atoms with E-state index in [2.05, 4.69) is 68.2 Å². The molecule has 0 saturated carbocycles. The van der Waals surface area contributed by atoms with Crippen LogP contribution >= 0.6 is 0 Å². The van der Waals surface area contributed by atoms with Crippen LogP contribution in [0, 0.1) is 0 Å². The lowest BCUT2D eigenvalue weighted by Gasteiger charge is -2.44. The van der Waals surface area contributed by atoms with Gasteiger partial charge in [-0.25, -0.2) is 0 Å². The van der Waals surface area contributed by atoms with Crippen LogP contribution in [0.15, 0.2) is 30.3 Å². The summed E-state index contributed by atoms with van der Waals surface area (Å²) in [4.78, 5) is 2.69. The molecule has 2 nitrogen and oxygen atoms in total. The van der Waals surface area contributed by atoms with Crippen molar-refractivity contribution in [1.82, 2.24) is 10.2 Å². The van der Waals surface area contributed by atoms with Crippen LogP contribution in [-0.4, -0.2) is 36.1 Å². The zero-order chi connectivity index (χ0) is 14.6. The second-order valence-corrected chi connectivity index (χ2v) is 6.90. The monoisotopic (exact) mass is 274 g/mol. The number of nitrogens with zero attached hydrogens (tertiary/aromatic N) is 1. The second-order valence-electron chi connectivity index (χ2n) is 6.90. The minimum Gasteiger partial charge on any atom is -0.309 e. The summed E-state index contributed by atoms with van der Waals surface area (Å²) >= 11 is 0. The zero-order valence-corrected chi connectivity index (χ0v) is 13.5. The largest absolute Gasteiger partial charge is 0.309 e. The van der Waals surface area contributed by atoms with Crippen molar-refractivity contribution in [3.05, 3.63) is 35.9 Å². The minimum absolute atomic E-state index is 0.252. The number of benzene rings is 1. The Kier molecular flexibility index (Phi) is 5.22. The normalized spacial score (nSPS) is 24.5. The van der Waals surface area contributed by atoms with Crippen LogP contribution in [0.1, 0.15) is 52.0 Å². The summed E-state index contributed by atoms with van der Waals surface area (Å²) in [6.45, 7) is 12.8. The Labute approximate surface area is 124 Å². The third-order valence-corrected chi connectivity index (χ3v) is 4.62. The van der Waals surface area contributed by atoms with E-state index in [0.29, 0.717) is 12.0 Å². The Morgan fingerprint density at radius 1 is 1.30 bits per heavy atom. The van der Waals surface area contributed by atoms with Crippen LogP contribution in [0.25, 0.3) is 0 Å². The van der Waals surface area contributed by atoms with Crippen LogP contribution in [0.5, 0.6) is 0 Å². The maximum atomic E-state index is 3.67. The Bertz CT molecular complexity index is 399. The number of hydrogen-bond acceptors (Lipinski definition) is 2. The van der Waals surface area contributed by atoms with E-state index in [0.717, 1.165) is 13.1 Å². The summed E-state index contributed by atoms with van der Waals surface area (Å²) in [5.41, 5.74) is 1.72. The summed E-state index contributed by atoms with van der Waals surface area (Å²) in [6.07, 6.45) is 2.49. The Morgan fingerprint density at radius 2 is 2.00 bits per heavy atom. The van der Waals surface area contributed by atoms with Gasteiger partial charge >= 0.3 is 0 Å². The third-order valence-electron chi connectivity index (χ3n) is 4.62. The molecule has 1 aliphatic rings. The van der Waals surface area contributed by atoms with E-state index < -0.39 is 0 Å². The lowest BCUT2D eigenvalue weighted by Crippen LogP contribution is -2.61. The molecule has 1 fully saturated rings. The molecule has 1 aromatic carbocycles. The molecule has 2 unspecified atom stereocenters. The lowest BCUT2D eigenvalue weighted by atomic mass is 9.94. The molecule has 20 heavy (non-hydrogen) atoms. The molecular formula is C18H30N2. The first-order chi connectivity index (χ1) is 9.52. The quantitative estimate of drug-likeness (QED) is 0.882. The highest BCUT2D eigenvalue weighted by Crippen LogP contribution is 2.22. The highest BCUT2D eigenvalue weighted by atomic mass is 15.2. The van der Waals surface area contributed by atoms with Gasteiger partial charge in [0.1, 0.15) is 0 Å². The van der Waals surface area contributed by atoms with Crippen molar-refractivity contribution in [2.45, 2.75) is 58.0 Å². The van der Waals surface area contributed by atoms with Gasteiger partial charge in [-0.2, -0.15) is 0 Å². The molecule has 0 aliphatic carbocycles. The zero-order valence-electron chi connectivity index (χ0n) is 13.5. The molecule has 1 aromatic rings. The molecule has 1 heterocycles. The minimum atomic E-state index is 0.252. The fraction of sp³-hybridized carbons (Fsp3) is 0.667. The van der Waals surface area contributed by atoms with Crippen LogP contribution in [0.3, 0.4) is 0 Å². The molecule has 1 aliphatic heterocycles. The van der Waals surface area contributed by atoms with Crippen LogP contribution in [0.2, 0.25) is 0 Å². The number of piperazine rings is 1. The van der Waals surface area contributed by atoms with E-state index in [4.69, 9.17) is 0 Å². The van der Waals surface area contributed by atoms with Crippen molar-refractivity contribution in [1.29, 1.82) is 0 Å². The molecule has 0 bridgehead atoms. The molecule has 0 spiro atoms. The summed E-state index contributed by atoms with van der Waals surface area (Å²) in [7, 11) is 0. The first-order valence-electron chi connectivity index (χ1n) is 8.06. The van der Waals surface area contributed by atoms with Crippen molar-refractivity contribution in [3.63, 3.8) is 0 Å². The van der Waals surface area contributed by atoms with Gasteiger partial charge in [-0.05, 0) is 44.7 Å². The van der Waals surface area contributed by atoms with Crippen LogP contribution in [0.4, 0.5) is 0 Å². The van der Waals surface area contributed by atoms with Crippen LogP contribution < -0.4 is 5.32 Å². The van der Waals surface area contributed by atoms with Gasteiger partial charge < -0.3 is 5.32 Å². The van der Waals surface area contributed by atoms with E-state index in [1.165, 1.54) is 24.9 Å². The van der Waals surface area contributed by atoms with Gasteiger partial charge in [-0.1, -0.05) is 44.2 Å². The molecule has 0 radical (unpaired) electrons. The van der Waals surface area contributed by atoms with Crippen molar-refractivity contribution < 1.29 is 0 Å². The number of nitrogens with one attached hydrogen (secondary N) is 1. The van der Waals surface area contributed by atoms with E-state index in [-0.39, 0.29) is 5.54 Å². The Morgan fingerprint density at radius 3 is 2.65 bits per heavy atom. The fourth-order valence-electron chi connectivity index (χ4n) is 3.19. The smallest absolute Gasteiger partial charge is 0.0252 e. The maximum absolute atomic E-state index is 3.67. The molecule has 2 atom stereocenters. The molecule has 1 saturated heterocycles. The van der Waals surface area contributed by atoms with Gasteiger partial charge in [0.2, 0.25) is 0 Å². The molecule has 0 aromatic heterocycles. The van der Waals surface area contributed by atoms with Gasteiger partial charge in [-0.3, -0.25) is 4.90 Å². The SMILES string of the molecule is CCC1CNC(C)(C)CN1CCC(C)c1ccccc1. The fourth-order valence-corrected chi connectivity index (χ4v) is 3.19. The molecule has 0 amide bonds. The topological polar surface area (TPSA) is 15.3 Å². The first-order valence-corrected chi connectivity index (χ1v) is 8.06. The summed E-state index contributed by atoms with van der Waals surface area (Å²) in [6, 6.07) is 11.6. The van der Waals surface area contributed by atoms with Crippen molar-refractivity contribution in [2.24, 2.45) is 0 Å². The summed E-state index contributed by atoms with van der Waals surface area (Å²) in [5, 5.41) is 3.67. The van der Waals surface area contributed by atoms with Gasteiger partial charge in [-0.15, -0.1) is 0 Å². The maximum Gasteiger partial charge on any atom is 0.0252 e. The predicted octanol–water partition coefficient (Wildman–Crippen LogP) is 3.64. The highest BCUT2D eigenvalue weighted by Gasteiger charge is 2.31. The second kappa shape index (κ2) is 6.73. The first kappa shape index (κ1) is 15.5. The number of rotatable bonds is 5. The third kappa shape index (κ3) is 4.07. The predicted molar refractivity (Wildman–Crippen MR) is 87.2 cm³/mol. The van der Waals surface area contributed by atoms with E-state index in [9.17, 15) is 0 Å². The number of hydrogen-bond donors (Lipinski definition) is 1.